The van der Waals surface area contributed by atoms with Crippen molar-refractivity contribution in [3.63, 3.8) is 0 Å². The number of esters is 1. The largest absolute Gasteiger partial charge is 0.534 e. The van der Waals surface area contributed by atoms with Crippen molar-refractivity contribution in [3.05, 3.63) is 11.8 Å². The summed E-state index contributed by atoms with van der Waals surface area (Å²) in [7, 11) is -5.65. The fourth-order valence-corrected chi connectivity index (χ4v) is 2.22. The van der Waals surface area contributed by atoms with Crippen LogP contribution in [0.25, 0.3) is 0 Å². The van der Waals surface area contributed by atoms with Crippen LogP contribution in [0.15, 0.2) is 11.8 Å². The zero-order valence-corrected chi connectivity index (χ0v) is 11.8. The van der Waals surface area contributed by atoms with Crippen molar-refractivity contribution in [2.24, 2.45) is 5.41 Å². The smallest absolute Gasteiger partial charge is 0.466 e. The van der Waals surface area contributed by atoms with E-state index in [0.717, 1.165) is 0 Å². The third-order valence-corrected chi connectivity index (χ3v) is 3.97. The highest BCUT2D eigenvalue weighted by molar-refractivity contribution is 7.87. The lowest BCUT2D eigenvalue weighted by Crippen LogP contribution is -2.32. The summed E-state index contributed by atoms with van der Waals surface area (Å²) in [6.45, 7) is 3.45. The molecule has 0 heterocycles. The summed E-state index contributed by atoms with van der Waals surface area (Å²) in [5, 5.41) is 0. The highest BCUT2D eigenvalue weighted by Crippen LogP contribution is 2.38. The summed E-state index contributed by atoms with van der Waals surface area (Å²) >= 11 is 0. The molecule has 0 saturated heterocycles. The van der Waals surface area contributed by atoms with Crippen LogP contribution in [0, 0.1) is 5.41 Å². The van der Waals surface area contributed by atoms with E-state index in [-0.39, 0.29) is 31.6 Å². The van der Waals surface area contributed by atoms with Gasteiger partial charge < -0.3 is 8.92 Å². The molecule has 0 bridgehead atoms. The fraction of sp³-hybridized carbons (Fsp3) is 0.727. The normalized spacial score (nSPS) is 23.9. The van der Waals surface area contributed by atoms with Gasteiger partial charge >= 0.3 is 21.6 Å². The first-order valence-corrected chi connectivity index (χ1v) is 7.30. The van der Waals surface area contributed by atoms with Gasteiger partial charge in [0.1, 0.15) is 5.76 Å². The van der Waals surface area contributed by atoms with E-state index in [1.807, 2.05) is 0 Å². The van der Waals surface area contributed by atoms with E-state index in [9.17, 15) is 26.4 Å². The molecule has 1 rings (SSSR count). The second kappa shape index (κ2) is 5.63. The van der Waals surface area contributed by atoms with Gasteiger partial charge in [-0.1, -0.05) is 0 Å². The van der Waals surface area contributed by atoms with Crippen molar-refractivity contribution in [3.8, 4) is 0 Å². The maximum atomic E-state index is 12.2. The fourth-order valence-electron chi connectivity index (χ4n) is 1.70. The van der Waals surface area contributed by atoms with Gasteiger partial charge in [0.2, 0.25) is 0 Å². The van der Waals surface area contributed by atoms with Crippen LogP contribution >= 0.6 is 0 Å². The van der Waals surface area contributed by atoms with Crippen molar-refractivity contribution in [1.82, 2.24) is 0 Å². The average Bonchev–Trinajstić information content (AvgIpc) is 2.31. The molecule has 0 fully saturated rings. The van der Waals surface area contributed by atoms with E-state index in [4.69, 9.17) is 4.74 Å². The Morgan fingerprint density at radius 1 is 1.45 bits per heavy atom. The van der Waals surface area contributed by atoms with Crippen LogP contribution in [0.2, 0.25) is 0 Å². The summed E-state index contributed by atoms with van der Waals surface area (Å²) in [5.41, 5.74) is -6.33. The molecule has 0 unspecified atom stereocenters. The average molecular weight is 316 g/mol. The van der Waals surface area contributed by atoms with Crippen LogP contribution in [0.4, 0.5) is 13.2 Å². The number of hydrogen-bond acceptors (Lipinski definition) is 5. The van der Waals surface area contributed by atoms with E-state index < -0.39 is 27.0 Å². The Morgan fingerprint density at radius 3 is 2.45 bits per heavy atom. The van der Waals surface area contributed by atoms with E-state index in [1.165, 1.54) is 6.08 Å². The number of carbonyl (C=O) groups excluding carboxylic acids is 1. The van der Waals surface area contributed by atoms with Gasteiger partial charge in [-0.3, -0.25) is 4.79 Å². The molecule has 0 spiro atoms. The van der Waals surface area contributed by atoms with E-state index in [0.29, 0.717) is 0 Å². The Balaban J connectivity index is 2.77. The van der Waals surface area contributed by atoms with Crippen molar-refractivity contribution in [1.29, 1.82) is 0 Å². The van der Waals surface area contributed by atoms with Gasteiger partial charge in [-0.15, -0.1) is 0 Å². The molecule has 0 amide bonds. The van der Waals surface area contributed by atoms with E-state index >= 15 is 0 Å². The third-order valence-electron chi connectivity index (χ3n) is 2.97. The van der Waals surface area contributed by atoms with Gasteiger partial charge in [0.15, 0.2) is 0 Å². The minimum absolute atomic E-state index is 0.0640. The number of rotatable bonds is 4. The molecular weight excluding hydrogens is 301 g/mol. The molecule has 0 N–H and O–H groups in total. The molecule has 1 aliphatic rings. The Kier molecular flexibility index (Phi) is 4.73. The molecule has 9 heteroatoms. The lowest BCUT2D eigenvalue weighted by molar-refractivity contribution is -0.155. The second-order valence-electron chi connectivity index (χ2n) is 4.64. The summed E-state index contributed by atoms with van der Waals surface area (Å²) in [4.78, 5) is 11.7. The minimum atomic E-state index is -5.65. The van der Waals surface area contributed by atoms with Crippen LogP contribution < -0.4 is 0 Å². The molecular formula is C11H15F3O5S. The van der Waals surface area contributed by atoms with Crippen LogP contribution in [0.5, 0.6) is 0 Å². The Labute approximate surface area is 114 Å². The van der Waals surface area contributed by atoms with E-state index in [1.54, 1.807) is 13.8 Å². The molecule has 0 aliphatic heterocycles. The molecule has 0 aromatic carbocycles. The molecule has 0 aromatic rings. The van der Waals surface area contributed by atoms with Crippen molar-refractivity contribution in [2.75, 3.05) is 6.61 Å². The Hall–Kier alpha value is -1.25. The van der Waals surface area contributed by atoms with Crippen LogP contribution in [0.1, 0.15) is 33.1 Å². The lowest BCUT2D eigenvalue weighted by Gasteiger charge is -2.29. The quantitative estimate of drug-likeness (QED) is 0.453. The monoisotopic (exact) mass is 316 g/mol. The van der Waals surface area contributed by atoms with Gasteiger partial charge in [0.25, 0.3) is 0 Å². The van der Waals surface area contributed by atoms with E-state index in [2.05, 4.69) is 4.18 Å². The predicted molar refractivity (Wildman–Crippen MR) is 62.7 cm³/mol. The second-order valence-corrected chi connectivity index (χ2v) is 6.18. The van der Waals surface area contributed by atoms with Crippen LogP contribution in [-0.4, -0.2) is 26.5 Å². The summed E-state index contributed by atoms with van der Waals surface area (Å²) in [6, 6.07) is 0. The maximum Gasteiger partial charge on any atom is 0.534 e. The molecule has 0 aromatic heterocycles. The standard InChI is InChI=1S/C11H15F3O5S/c1-3-18-9(15)10(2)6-4-8(5-7-10)19-20(16,17)11(12,13)14/h4H,3,5-7H2,1-2H3/t10-/m0/s1. The van der Waals surface area contributed by atoms with Crippen molar-refractivity contribution < 1.29 is 35.3 Å². The third kappa shape index (κ3) is 3.65. The lowest BCUT2D eigenvalue weighted by atomic mass is 9.78. The highest BCUT2D eigenvalue weighted by atomic mass is 32.2. The number of ether oxygens (including phenoxy) is 1. The highest BCUT2D eigenvalue weighted by Gasteiger charge is 2.49. The van der Waals surface area contributed by atoms with Crippen molar-refractivity contribution in [2.45, 2.75) is 38.6 Å². The summed E-state index contributed by atoms with van der Waals surface area (Å²) in [6.07, 6.45) is 1.33. The zero-order valence-electron chi connectivity index (χ0n) is 11.0. The molecule has 1 aliphatic carbocycles. The summed E-state index contributed by atoms with van der Waals surface area (Å²) < 4.78 is 67.0. The van der Waals surface area contributed by atoms with Gasteiger partial charge in [-0.25, -0.2) is 0 Å². The number of hydrogen-bond donors (Lipinski definition) is 0. The molecule has 0 radical (unpaired) electrons. The number of halogens is 3. The molecule has 0 saturated carbocycles. The number of carbonyl (C=O) groups is 1. The van der Waals surface area contributed by atoms with Gasteiger partial charge in [-0.2, -0.15) is 21.6 Å². The minimum Gasteiger partial charge on any atom is -0.466 e. The molecule has 1 atom stereocenters. The Morgan fingerprint density at radius 2 is 2.05 bits per heavy atom. The topological polar surface area (TPSA) is 69.7 Å². The number of allylic oxidation sites excluding steroid dienone is 2. The SMILES string of the molecule is CCOC(=O)[C@@]1(C)CC=C(OS(=O)(=O)C(F)(F)F)CC1. The Bertz CT molecular complexity index is 509. The molecule has 5 nitrogen and oxygen atoms in total. The summed E-state index contributed by atoms with van der Waals surface area (Å²) in [5.74, 6) is -0.766. The van der Waals surface area contributed by atoms with Gasteiger partial charge in [0, 0.05) is 6.42 Å². The van der Waals surface area contributed by atoms with Gasteiger partial charge in [0.05, 0.1) is 12.0 Å². The van der Waals surface area contributed by atoms with Crippen LogP contribution in [0.3, 0.4) is 0 Å². The molecule has 20 heavy (non-hydrogen) atoms. The van der Waals surface area contributed by atoms with Crippen LogP contribution in [-0.2, 0) is 23.8 Å². The predicted octanol–water partition coefficient (Wildman–Crippen LogP) is 2.49. The zero-order chi connectivity index (χ0) is 15.6. The molecule has 116 valence electrons. The first-order valence-electron chi connectivity index (χ1n) is 5.89. The van der Waals surface area contributed by atoms with Crippen molar-refractivity contribution >= 4 is 16.1 Å². The van der Waals surface area contributed by atoms with Gasteiger partial charge in [-0.05, 0) is 32.8 Å². The first kappa shape index (κ1) is 16.8. The number of alkyl halides is 3. The maximum absolute atomic E-state index is 12.2. The first-order chi connectivity index (χ1) is 9.02.